The van der Waals surface area contributed by atoms with E-state index in [1.165, 1.54) is 21.2 Å². The van der Waals surface area contributed by atoms with Crippen LogP contribution in [-0.2, 0) is 0 Å². The van der Waals surface area contributed by atoms with Gasteiger partial charge in [-0.2, -0.15) is 0 Å². The van der Waals surface area contributed by atoms with Crippen LogP contribution in [0.1, 0.15) is 12.8 Å². The number of anilines is 3. The number of nitro groups is 1. The van der Waals surface area contributed by atoms with Crippen LogP contribution < -0.4 is 9.80 Å². The molecule has 0 unspecified atom stereocenters. The Labute approximate surface area is 209 Å². The Balaban J connectivity index is 1.13. The molecule has 1 fully saturated rings. The van der Waals surface area contributed by atoms with Crippen LogP contribution in [-0.4, -0.2) is 49.1 Å². The summed E-state index contributed by atoms with van der Waals surface area (Å²) in [5.41, 5.74) is 3.67. The van der Waals surface area contributed by atoms with Crippen molar-refractivity contribution in [2.45, 2.75) is 22.6 Å². The van der Waals surface area contributed by atoms with Crippen molar-refractivity contribution in [2.24, 2.45) is 0 Å². The Morgan fingerprint density at radius 2 is 1.56 bits per heavy atom. The largest absolute Gasteiger partial charge is 0.369 e. The number of para-hydroxylation sites is 1. The molecule has 34 heavy (non-hydrogen) atoms. The van der Waals surface area contributed by atoms with E-state index in [9.17, 15) is 10.1 Å². The van der Waals surface area contributed by atoms with Crippen molar-refractivity contribution in [1.29, 1.82) is 0 Å². The highest BCUT2D eigenvalue weighted by Gasteiger charge is 2.23. The Kier molecular flexibility index (Phi) is 6.94. The summed E-state index contributed by atoms with van der Waals surface area (Å²) in [6, 6.07) is 21.6. The maximum Gasteiger partial charge on any atom is 0.269 e. The van der Waals surface area contributed by atoms with Gasteiger partial charge in [0, 0.05) is 65.4 Å². The predicted molar refractivity (Wildman–Crippen MR) is 140 cm³/mol. The van der Waals surface area contributed by atoms with Crippen molar-refractivity contribution in [3.63, 3.8) is 0 Å². The molecule has 0 atom stereocenters. The molecule has 0 spiro atoms. The predicted octanol–water partition coefficient (Wildman–Crippen LogP) is 6.45. The highest BCUT2D eigenvalue weighted by atomic mass is 35.5. The van der Waals surface area contributed by atoms with Gasteiger partial charge < -0.3 is 9.80 Å². The van der Waals surface area contributed by atoms with E-state index in [-0.39, 0.29) is 10.6 Å². The summed E-state index contributed by atoms with van der Waals surface area (Å²) < 4.78 is 0. The van der Waals surface area contributed by atoms with Crippen LogP contribution in [0.4, 0.5) is 22.7 Å². The molecule has 0 aliphatic carbocycles. The molecule has 3 aromatic rings. The van der Waals surface area contributed by atoms with Gasteiger partial charge in [0.1, 0.15) is 0 Å². The van der Waals surface area contributed by atoms with Crippen LogP contribution in [0.3, 0.4) is 0 Å². The number of fused-ring (bicyclic) bond motifs is 2. The van der Waals surface area contributed by atoms with E-state index in [1.807, 2.05) is 30.0 Å². The third-order valence-electron chi connectivity index (χ3n) is 6.49. The number of rotatable bonds is 7. The first-order valence-corrected chi connectivity index (χ1v) is 12.8. The van der Waals surface area contributed by atoms with E-state index in [2.05, 4.69) is 51.1 Å². The fraction of sp³-hybridized carbons (Fsp3) is 0.308. The number of benzene rings is 3. The Bertz CT molecular complexity index is 1170. The van der Waals surface area contributed by atoms with Crippen LogP contribution in [0.25, 0.3) is 0 Å². The lowest BCUT2D eigenvalue weighted by Gasteiger charge is -2.36. The molecular weight excluding hydrogens is 468 g/mol. The minimum atomic E-state index is -0.351. The summed E-state index contributed by atoms with van der Waals surface area (Å²) >= 11 is 8.14. The number of nitrogens with zero attached hydrogens (tertiary/aromatic N) is 4. The molecule has 2 aliphatic rings. The third-order valence-corrected chi connectivity index (χ3v) is 7.86. The molecule has 0 aromatic heterocycles. The van der Waals surface area contributed by atoms with Gasteiger partial charge in [0.2, 0.25) is 0 Å². The molecule has 8 heteroatoms. The molecule has 176 valence electrons. The first-order valence-electron chi connectivity index (χ1n) is 11.6. The highest BCUT2D eigenvalue weighted by molar-refractivity contribution is 7.99. The quantitative estimate of drug-likeness (QED) is 0.213. The summed E-state index contributed by atoms with van der Waals surface area (Å²) in [7, 11) is 0. The molecule has 0 bridgehead atoms. The van der Waals surface area contributed by atoms with Gasteiger partial charge in [-0.3, -0.25) is 15.0 Å². The summed E-state index contributed by atoms with van der Waals surface area (Å²) in [6.07, 6.45) is 2.24. The second-order valence-electron chi connectivity index (χ2n) is 8.64. The molecule has 5 rings (SSSR count). The van der Waals surface area contributed by atoms with Crippen LogP contribution in [0.5, 0.6) is 0 Å². The lowest BCUT2D eigenvalue weighted by atomic mass is 10.2. The monoisotopic (exact) mass is 494 g/mol. The Morgan fingerprint density at radius 1 is 0.853 bits per heavy atom. The lowest BCUT2D eigenvalue weighted by Crippen LogP contribution is -2.46. The van der Waals surface area contributed by atoms with Gasteiger partial charge in [0.05, 0.1) is 16.3 Å². The zero-order valence-electron chi connectivity index (χ0n) is 18.9. The Morgan fingerprint density at radius 3 is 2.32 bits per heavy atom. The number of hydrogen-bond acceptors (Lipinski definition) is 6. The number of piperazine rings is 1. The van der Waals surface area contributed by atoms with Crippen molar-refractivity contribution in [2.75, 3.05) is 49.1 Å². The van der Waals surface area contributed by atoms with Crippen LogP contribution >= 0.6 is 23.4 Å². The normalized spacial score (nSPS) is 15.7. The average Bonchev–Trinajstić information content (AvgIpc) is 2.86. The van der Waals surface area contributed by atoms with Crippen LogP contribution in [0.15, 0.2) is 76.5 Å². The van der Waals surface area contributed by atoms with Crippen LogP contribution in [0.2, 0.25) is 5.02 Å². The SMILES string of the molecule is O=[N+]([O-])c1ccc(N2CCN(CCCCN3c4ccccc4Sc4ccc(Cl)cc43)CC2)cc1. The van der Waals surface area contributed by atoms with Gasteiger partial charge in [-0.1, -0.05) is 35.5 Å². The number of non-ortho nitro benzene ring substituents is 1. The van der Waals surface area contributed by atoms with Gasteiger partial charge in [-0.05, 0) is 61.9 Å². The van der Waals surface area contributed by atoms with Crippen molar-refractivity contribution in [1.82, 2.24) is 4.90 Å². The first-order chi connectivity index (χ1) is 16.6. The molecule has 3 aromatic carbocycles. The molecule has 0 N–H and O–H groups in total. The molecular formula is C26H27ClN4O2S. The first kappa shape index (κ1) is 23.0. The van der Waals surface area contributed by atoms with E-state index >= 15 is 0 Å². The van der Waals surface area contributed by atoms with E-state index in [0.717, 1.165) is 62.8 Å². The smallest absolute Gasteiger partial charge is 0.269 e. The molecule has 1 saturated heterocycles. The zero-order valence-corrected chi connectivity index (χ0v) is 20.5. The number of unbranched alkanes of at least 4 members (excludes halogenated alkanes) is 1. The average molecular weight is 495 g/mol. The molecule has 0 saturated carbocycles. The maximum absolute atomic E-state index is 10.9. The van der Waals surface area contributed by atoms with Gasteiger partial charge in [0.25, 0.3) is 5.69 Å². The van der Waals surface area contributed by atoms with E-state index in [1.54, 1.807) is 12.1 Å². The standard InChI is InChI=1S/C26H27ClN4O2S/c27-20-7-12-26-24(19-20)30(23-5-1-2-6-25(23)34-26)14-4-3-13-28-15-17-29(18-16-28)21-8-10-22(11-9-21)31(32)33/h1-2,5-12,19H,3-4,13-18H2. The molecule has 0 amide bonds. The van der Waals surface area contributed by atoms with Gasteiger partial charge in [0.15, 0.2) is 0 Å². The minimum absolute atomic E-state index is 0.141. The second kappa shape index (κ2) is 10.3. The molecule has 0 radical (unpaired) electrons. The second-order valence-corrected chi connectivity index (χ2v) is 10.2. The number of hydrogen-bond donors (Lipinski definition) is 0. The van der Waals surface area contributed by atoms with Gasteiger partial charge in [-0.25, -0.2) is 0 Å². The van der Waals surface area contributed by atoms with Crippen molar-refractivity contribution in [3.8, 4) is 0 Å². The van der Waals surface area contributed by atoms with Crippen molar-refractivity contribution >= 4 is 46.1 Å². The van der Waals surface area contributed by atoms with Gasteiger partial charge in [-0.15, -0.1) is 0 Å². The van der Waals surface area contributed by atoms with Crippen molar-refractivity contribution < 1.29 is 4.92 Å². The molecule has 2 heterocycles. The molecule has 2 aliphatic heterocycles. The molecule has 6 nitrogen and oxygen atoms in total. The Hall–Kier alpha value is -2.74. The number of nitro benzene ring substituents is 1. The third kappa shape index (κ3) is 5.02. The summed E-state index contributed by atoms with van der Waals surface area (Å²) in [6.45, 7) is 5.96. The summed E-state index contributed by atoms with van der Waals surface area (Å²) in [5, 5.41) is 11.6. The van der Waals surface area contributed by atoms with Gasteiger partial charge >= 0.3 is 0 Å². The van der Waals surface area contributed by atoms with Crippen molar-refractivity contribution in [3.05, 3.63) is 81.9 Å². The zero-order chi connectivity index (χ0) is 23.5. The maximum atomic E-state index is 10.9. The fourth-order valence-electron chi connectivity index (χ4n) is 4.66. The van der Waals surface area contributed by atoms with E-state index < -0.39 is 0 Å². The minimum Gasteiger partial charge on any atom is -0.369 e. The fourth-order valence-corrected chi connectivity index (χ4v) is 5.91. The number of halogens is 1. The van der Waals surface area contributed by atoms with Crippen LogP contribution in [0, 0.1) is 10.1 Å². The summed E-state index contributed by atoms with van der Waals surface area (Å²) in [4.78, 5) is 20.3. The van der Waals surface area contributed by atoms with E-state index in [4.69, 9.17) is 11.6 Å². The highest BCUT2D eigenvalue weighted by Crippen LogP contribution is 2.48. The topological polar surface area (TPSA) is 52.9 Å². The van der Waals surface area contributed by atoms with E-state index in [0.29, 0.717) is 0 Å². The summed E-state index contributed by atoms with van der Waals surface area (Å²) in [5.74, 6) is 0. The lowest BCUT2D eigenvalue weighted by molar-refractivity contribution is -0.384.